The monoisotopic (exact) mass is 349 g/mol. The zero-order valence-electron chi connectivity index (χ0n) is 12.6. The number of ether oxygens (including phenoxy) is 2. The van der Waals surface area contributed by atoms with E-state index in [1.165, 1.54) is 0 Å². The largest absolute Gasteiger partial charge is 0.497 e. The first-order chi connectivity index (χ1) is 10.1. The van der Waals surface area contributed by atoms with Crippen LogP contribution in [0, 0.1) is 6.92 Å². The highest BCUT2D eigenvalue weighted by molar-refractivity contribution is 9.10. The Labute approximate surface area is 134 Å². The van der Waals surface area contributed by atoms with Crippen molar-refractivity contribution >= 4 is 15.9 Å². The van der Waals surface area contributed by atoms with Gasteiger partial charge in [0.1, 0.15) is 18.1 Å². The normalized spacial score (nSPS) is 10.5. The highest BCUT2D eigenvalue weighted by atomic mass is 79.9. The zero-order valence-corrected chi connectivity index (χ0v) is 14.2. The molecule has 0 radical (unpaired) electrons. The maximum Gasteiger partial charge on any atom is 0.127 e. The molecule has 2 rings (SSSR count). The average Bonchev–Trinajstić information content (AvgIpc) is 2.47. The predicted octanol–water partition coefficient (Wildman–Crippen LogP) is 4.06. The van der Waals surface area contributed by atoms with Crippen LogP contribution in [-0.4, -0.2) is 14.2 Å². The first kappa shape index (κ1) is 15.9. The number of aryl methyl sites for hydroxylation is 1. The Bertz CT molecular complexity index is 614. The van der Waals surface area contributed by atoms with Crippen molar-refractivity contribution in [3.63, 3.8) is 0 Å². The number of methoxy groups -OCH3 is 1. The van der Waals surface area contributed by atoms with Gasteiger partial charge in [-0.3, -0.25) is 0 Å². The molecule has 0 aromatic heterocycles. The highest BCUT2D eigenvalue weighted by Gasteiger charge is 2.09. The molecule has 3 nitrogen and oxygen atoms in total. The van der Waals surface area contributed by atoms with Crippen LogP contribution in [0.15, 0.2) is 40.9 Å². The number of hydrogen-bond acceptors (Lipinski definition) is 3. The molecule has 0 heterocycles. The summed E-state index contributed by atoms with van der Waals surface area (Å²) in [7, 11) is 3.60. The minimum absolute atomic E-state index is 0.524. The van der Waals surface area contributed by atoms with Crippen LogP contribution in [0.3, 0.4) is 0 Å². The predicted molar refractivity (Wildman–Crippen MR) is 89.0 cm³/mol. The molecule has 4 heteroatoms. The molecule has 2 aromatic carbocycles. The fourth-order valence-corrected chi connectivity index (χ4v) is 2.87. The lowest BCUT2D eigenvalue weighted by molar-refractivity contribution is 0.299. The van der Waals surface area contributed by atoms with Crippen molar-refractivity contribution in [3.8, 4) is 11.5 Å². The fraction of sp³-hybridized carbons (Fsp3) is 0.294. The van der Waals surface area contributed by atoms with Gasteiger partial charge in [0.2, 0.25) is 0 Å². The SMILES string of the molecule is CNCc1cc(Br)cc(C)c1OCc1cccc(OC)c1. The molecule has 0 unspecified atom stereocenters. The molecule has 0 saturated carbocycles. The summed E-state index contributed by atoms with van der Waals surface area (Å²) in [5.41, 5.74) is 3.36. The van der Waals surface area contributed by atoms with Crippen LogP contribution >= 0.6 is 15.9 Å². The standard InChI is InChI=1S/C17H20BrNO2/c1-12-7-15(18)9-14(10-19-2)17(12)21-11-13-5-4-6-16(8-13)20-3/h4-9,19H,10-11H2,1-3H3. The third kappa shape index (κ3) is 4.22. The van der Waals surface area contributed by atoms with E-state index in [0.717, 1.165) is 39.2 Å². The fourth-order valence-electron chi connectivity index (χ4n) is 2.25. The Kier molecular flexibility index (Phi) is 5.65. The van der Waals surface area contributed by atoms with E-state index in [0.29, 0.717) is 6.61 Å². The lowest BCUT2D eigenvalue weighted by atomic mass is 10.1. The van der Waals surface area contributed by atoms with Crippen LogP contribution in [0.2, 0.25) is 0 Å². The van der Waals surface area contributed by atoms with E-state index in [2.05, 4.69) is 40.3 Å². The summed E-state index contributed by atoms with van der Waals surface area (Å²) in [6, 6.07) is 12.1. The van der Waals surface area contributed by atoms with E-state index in [4.69, 9.17) is 9.47 Å². The minimum atomic E-state index is 0.524. The van der Waals surface area contributed by atoms with Gasteiger partial charge in [0.25, 0.3) is 0 Å². The Morgan fingerprint density at radius 1 is 1.19 bits per heavy atom. The molecule has 0 bridgehead atoms. The van der Waals surface area contributed by atoms with Crippen LogP contribution in [-0.2, 0) is 13.2 Å². The number of halogens is 1. The minimum Gasteiger partial charge on any atom is -0.497 e. The average molecular weight is 350 g/mol. The second kappa shape index (κ2) is 7.48. The van der Waals surface area contributed by atoms with Crippen molar-refractivity contribution in [2.45, 2.75) is 20.1 Å². The van der Waals surface area contributed by atoms with Gasteiger partial charge in [0.15, 0.2) is 0 Å². The Morgan fingerprint density at radius 3 is 2.71 bits per heavy atom. The zero-order chi connectivity index (χ0) is 15.2. The first-order valence-electron chi connectivity index (χ1n) is 6.83. The van der Waals surface area contributed by atoms with Gasteiger partial charge in [-0.15, -0.1) is 0 Å². The Balaban J connectivity index is 2.18. The van der Waals surface area contributed by atoms with Gasteiger partial charge in [0.05, 0.1) is 7.11 Å². The second-order valence-corrected chi connectivity index (χ2v) is 5.80. The van der Waals surface area contributed by atoms with E-state index < -0.39 is 0 Å². The van der Waals surface area contributed by atoms with Crippen molar-refractivity contribution in [1.29, 1.82) is 0 Å². The lowest BCUT2D eigenvalue weighted by Crippen LogP contribution is -2.08. The number of rotatable bonds is 6. The molecule has 2 aromatic rings. The summed E-state index contributed by atoms with van der Waals surface area (Å²) >= 11 is 3.53. The van der Waals surface area contributed by atoms with Crippen molar-refractivity contribution in [3.05, 3.63) is 57.6 Å². The van der Waals surface area contributed by atoms with E-state index in [9.17, 15) is 0 Å². The van der Waals surface area contributed by atoms with E-state index in [1.807, 2.05) is 31.3 Å². The molecule has 0 aliphatic heterocycles. The highest BCUT2D eigenvalue weighted by Crippen LogP contribution is 2.29. The smallest absolute Gasteiger partial charge is 0.127 e. The Hall–Kier alpha value is -1.52. The number of nitrogens with one attached hydrogen (secondary N) is 1. The second-order valence-electron chi connectivity index (χ2n) is 4.88. The third-order valence-electron chi connectivity index (χ3n) is 3.20. The molecular formula is C17H20BrNO2. The molecule has 21 heavy (non-hydrogen) atoms. The quantitative estimate of drug-likeness (QED) is 0.852. The van der Waals surface area contributed by atoms with Gasteiger partial charge >= 0.3 is 0 Å². The number of hydrogen-bond donors (Lipinski definition) is 1. The van der Waals surface area contributed by atoms with E-state index >= 15 is 0 Å². The summed E-state index contributed by atoms with van der Waals surface area (Å²) in [5.74, 6) is 1.79. The molecule has 0 fully saturated rings. The molecule has 0 aliphatic carbocycles. The van der Waals surface area contributed by atoms with Gasteiger partial charge in [-0.2, -0.15) is 0 Å². The summed E-state index contributed by atoms with van der Waals surface area (Å²) in [6.07, 6.45) is 0. The van der Waals surface area contributed by atoms with Crippen LogP contribution in [0.4, 0.5) is 0 Å². The summed E-state index contributed by atoms with van der Waals surface area (Å²) < 4.78 is 12.4. The van der Waals surface area contributed by atoms with Crippen LogP contribution < -0.4 is 14.8 Å². The maximum atomic E-state index is 6.04. The number of benzene rings is 2. The maximum absolute atomic E-state index is 6.04. The molecule has 1 N–H and O–H groups in total. The van der Waals surface area contributed by atoms with Gasteiger partial charge < -0.3 is 14.8 Å². The van der Waals surface area contributed by atoms with E-state index in [1.54, 1.807) is 7.11 Å². The molecule has 0 spiro atoms. The molecule has 0 amide bonds. The van der Waals surface area contributed by atoms with Crippen LogP contribution in [0.5, 0.6) is 11.5 Å². The van der Waals surface area contributed by atoms with Gasteiger partial charge in [-0.25, -0.2) is 0 Å². The summed E-state index contributed by atoms with van der Waals surface area (Å²) in [5, 5.41) is 3.17. The van der Waals surface area contributed by atoms with Gasteiger partial charge in [-0.1, -0.05) is 28.1 Å². The van der Waals surface area contributed by atoms with Gasteiger partial charge in [-0.05, 0) is 49.4 Å². The summed E-state index contributed by atoms with van der Waals surface area (Å²) in [6.45, 7) is 3.36. The molecule has 0 atom stereocenters. The third-order valence-corrected chi connectivity index (χ3v) is 3.66. The molecular weight excluding hydrogens is 330 g/mol. The first-order valence-corrected chi connectivity index (χ1v) is 7.62. The van der Waals surface area contributed by atoms with E-state index in [-0.39, 0.29) is 0 Å². The van der Waals surface area contributed by atoms with Crippen LogP contribution in [0.25, 0.3) is 0 Å². The van der Waals surface area contributed by atoms with Crippen molar-refractivity contribution in [2.75, 3.05) is 14.2 Å². The summed E-state index contributed by atoms with van der Waals surface area (Å²) in [4.78, 5) is 0. The Morgan fingerprint density at radius 2 is 2.00 bits per heavy atom. The molecule has 112 valence electrons. The van der Waals surface area contributed by atoms with Crippen molar-refractivity contribution < 1.29 is 9.47 Å². The van der Waals surface area contributed by atoms with Crippen molar-refractivity contribution in [2.24, 2.45) is 0 Å². The topological polar surface area (TPSA) is 30.5 Å². The van der Waals surface area contributed by atoms with Crippen LogP contribution in [0.1, 0.15) is 16.7 Å². The van der Waals surface area contributed by atoms with Crippen molar-refractivity contribution in [1.82, 2.24) is 5.32 Å². The van der Waals surface area contributed by atoms with Gasteiger partial charge in [0, 0.05) is 16.6 Å². The molecule has 0 aliphatic rings. The lowest BCUT2D eigenvalue weighted by Gasteiger charge is -2.15. The molecule has 0 saturated heterocycles.